The Hall–Kier alpha value is -2.08. The van der Waals surface area contributed by atoms with Crippen LogP contribution in [0.15, 0.2) is 24.5 Å². The smallest absolute Gasteiger partial charge is 0.258 e. The Morgan fingerprint density at radius 3 is 2.71 bits per heavy atom. The van der Waals surface area contributed by atoms with Gasteiger partial charge in [0.2, 0.25) is 0 Å². The zero-order valence-electron chi connectivity index (χ0n) is 15.1. The van der Waals surface area contributed by atoms with E-state index in [1.807, 2.05) is 46.4 Å². The summed E-state index contributed by atoms with van der Waals surface area (Å²) in [6.07, 6.45) is 3.69. The Morgan fingerprint density at radius 2 is 2.12 bits per heavy atom. The Kier molecular flexibility index (Phi) is 4.25. The van der Waals surface area contributed by atoms with Crippen LogP contribution in [-0.2, 0) is 17.3 Å². The van der Waals surface area contributed by atoms with Gasteiger partial charge in [0.15, 0.2) is 0 Å². The Morgan fingerprint density at radius 1 is 1.38 bits per heavy atom. The van der Waals surface area contributed by atoms with E-state index in [4.69, 9.17) is 4.74 Å². The van der Waals surface area contributed by atoms with Crippen molar-refractivity contribution in [1.29, 1.82) is 0 Å². The summed E-state index contributed by atoms with van der Waals surface area (Å²) >= 11 is 0. The summed E-state index contributed by atoms with van der Waals surface area (Å²) in [7, 11) is 2.00. The first-order chi connectivity index (χ1) is 11.3. The molecule has 0 N–H and O–H groups in total. The molecule has 1 aliphatic rings. The van der Waals surface area contributed by atoms with Gasteiger partial charge in [0.1, 0.15) is 0 Å². The third-order valence-corrected chi connectivity index (χ3v) is 4.59. The fraction of sp³-hybridized carbons (Fsp3) is 0.556. The number of amides is 1. The standard InChI is InChI=1S/C18H26N4O2/c1-13-14(11-19-22(13)18(2,3)4)17(23)21-9-10-24-12-16(21)15-7-6-8-20(15)5/h6-8,11,16H,9-10,12H2,1-5H3/t16-/m0/s1. The van der Waals surface area contributed by atoms with E-state index in [0.717, 1.165) is 11.4 Å². The monoisotopic (exact) mass is 330 g/mol. The average molecular weight is 330 g/mol. The van der Waals surface area contributed by atoms with Gasteiger partial charge in [-0.1, -0.05) is 0 Å². The molecule has 0 spiro atoms. The van der Waals surface area contributed by atoms with Gasteiger partial charge in [0.05, 0.1) is 36.6 Å². The molecule has 1 saturated heterocycles. The number of aromatic nitrogens is 3. The largest absolute Gasteiger partial charge is 0.377 e. The van der Waals surface area contributed by atoms with Crippen LogP contribution in [0.2, 0.25) is 0 Å². The summed E-state index contributed by atoms with van der Waals surface area (Å²) in [5.41, 5.74) is 2.52. The molecule has 0 bridgehead atoms. The maximum absolute atomic E-state index is 13.2. The molecule has 3 rings (SSSR count). The van der Waals surface area contributed by atoms with Gasteiger partial charge in [-0.15, -0.1) is 0 Å². The molecule has 1 fully saturated rings. The van der Waals surface area contributed by atoms with Crippen molar-refractivity contribution in [2.45, 2.75) is 39.3 Å². The average Bonchev–Trinajstić information content (AvgIpc) is 3.12. The molecule has 6 heteroatoms. The van der Waals surface area contributed by atoms with Gasteiger partial charge in [-0.2, -0.15) is 5.10 Å². The van der Waals surface area contributed by atoms with Gasteiger partial charge in [0.25, 0.3) is 5.91 Å². The lowest BCUT2D eigenvalue weighted by atomic mass is 10.1. The van der Waals surface area contributed by atoms with Crippen molar-refractivity contribution in [1.82, 2.24) is 19.2 Å². The molecule has 130 valence electrons. The van der Waals surface area contributed by atoms with Gasteiger partial charge >= 0.3 is 0 Å². The molecule has 0 unspecified atom stereocenters. The second kappa shape index (κ2) is 6.09. The zero-order chi connectivity index (χ0) is 17.5. The van der Waals surface area contributed by atoms with E-state index in [1.165, 1.54) is 0 Å². The SMILES string of the molecule is Cc1c(C(=O)N2CCOC[C@H]2c2cccn2C)cnn1C(C)(C)C. The highest BCUT2D eigenvalue weighted by Gasteiger charge is 2.33. The lowest BCUT2D eigenvalue weighted by molar-refractivity contribution is -0.00468. The number of aryl methyl sites for hydroxylation is 1. The molecule has 6 nitrogen and oxygen atoms in total. The van der Waals surface area contributed by atoms with Crippen LogP contribution in [0.3, 0.4) is 0 Å². The van der Waals surface area contributed by atoms with Crippen LogP contribution in [0.5, 0.6) is 0 Å². The first kappa shape index (κ1) is 16.8. The Balaban J connectivity index is 1.93. The quantitative estimate of drug-likeness (QED) is 0.850. The van der Waals surface area contributed by atoms with E-state index >= 15 is 0 Å². The van der Waals surface area contributed by atoms with Crippen molar-refractivity contribution >= 4 is 5.91 Å². The van der Waals surface area contributed by atoms with Crippen molar-refractivity contribution in [3.8, 4) is 0 Å². The topological polar surface area (TPSA) is 52.3 Å². The van der Waals surface area contributed by atoms with Crippen LogP contribution in [0, 0.1) is 6.92 Å². The van der Waals surface area contributed by atoms with Crippen LogP contribution in [0.25, 0.3) is 0 Å². The fourth-order valence-electron chi connectivity index (χ4n) is 3.36. The van der Waals surface area contributed by atoms with Gasteiger partial charge in [-0.3, -0.25) is 9.48 Å². The summed E-state index contributed by atoms with van der Waals surface area (Å²) in [5.74, 6) is 0.0255. The highest BCUT2D eigenvalue weighted by atomic mass is 16.5. The highest BCUT2D eigenvalue weighted by molar-refractivity contribution is 5.95. The molecule has 24 heavy (non-hydrogen) atoms. The first-order valence-corrected chi connectivity index (χ1v) is 8.35. The molecule has 0 radical (unpaired) electrons. The van der Waals surface area contributed by atoms with Crippen LogP contribution in [-0.4, -0.2) is 44.9 Å². The summed E-state index contributed by atoms with van der Waals surface area (Å²) < 4.78 is 9.60. The molecule has 3 heterocycles. The molecule has 0 aromatic carbocycles. The highest BCUT2D eigenvalue weighted by Crippen LogP contribution is 2.27. The van der Waals surface area contributed by atoms with E-state index in [2.05, 4.69) is 25.9 Å². The molecular formula is C18H26N4O2. The molecule has 2 aromatic heterocycles. The molecule has 0 aliphatic carbocycles. The van der Waals surface area contributed by atoms with Gasteiger partial charge in [-0.25, -0.2) is 0 Å². The number of rotatable bonds is 2. The van der Waals surface area contributed by atoms with Crippen molar-refractivity contribution in [2.24, 2.45) is 7.05 Å². The van der Waals surface area contributed by atoms with Crippen LogP contribution in [0.1, 0.15) is 48.6 Å². The van der Waals surface area contributed by atoms with E-state index in [9.17, 15) is 4.79 Å². The predicted octanol–water partition coefficient (Wildman–Crippen LogP) is 2.50. The van der Waals surface area contributed by atoms with E-state index in [-0.39, 0.29) is 17.5 Å². The van der Waals surface area contributed by atoms with Crippen molar-refractivity contribution in [3.05, 3.63) is 41.5 Å². The molecule has 1 amide bonds. The lowest BCUT2D eigenvalue weighted by Gasteiger charge is -2.36. The van der Waals surface area contributed by atoms with E-state index in [1.54, 1.807) is 6.20 Å². The lowest BCUT2D eigenvalue weighted by Crippen LogP contribution is -2.44. The van der Waals surface area contributed by atoms with E-state index < -0.39 is 0 Å². The third-order valence-electron chi connectivity index (χ3n) is 4.59. The minimum atomic E-state index is -0.148. The molecular weight excluding hydrogens is 304 g/mol. The predicted molar refractivity (Wildman–Crippen MR) is 92.0 cm³/mol. The molecule has 2 aromatic rings. The summed E-state index contributed by atoms with van der Waals surface area (Å²) in [4.78, 5) is 15.1. The minimum absolute atomic E-state index is 0.0255. The maximum atomic E-state index is 13.2. The number of hydrogen-bond donors (Lipinski definition) is 0. The summed E-state index contributed by atoms with van der Waals surface area (Å²) in [5, 5.41) is 4.44. The Labute approximate surface area is 143 Å². The number of carbonyl (C=O) groups excluding carboxylic acids is 1. The zero-order valence-corrected chi connectivity index (χ0v) is 15.1. The fourth-order valence-corrected chi connectivity index (χ4v) is 3.36. The van der Waals surface area contributed by atoms with Crippen molar-refractivity contribution in [2.75, 3.05) is 19.8 Å². The van der Waals surface area contributed by atoms with Crippen molar-refractivity contribution in [3.63, 3.8) is 0 Å². The van der Waals surface area contributed by atoms with Gasteiger partial charge < -0.3 is 14.2 Å². The normalized spacial score (nSPS) is 18.9. The number of nitrogens with zero attached hydrogens (tertiary/aromatic N) is 4. The second-order valence-electron chi connectivity index (χ2n) is 7.36. The number of ether oxygens (including phenoxy) is 1. The van der Waals surface area contributed by atoms with Crippen molar-refractivity contribution < 1.29 is 9.53 Å². The summed E-state index contributed by atoms with van der Waals surface area (Å²) in [6.45, 7) is 9.90. The van der Waals surface area contributed by atoms with Crippen LogP contribution in [0.4, 0.5) is 0 Å². The maximum Gasteiger partial charge on any atom is 0.258 e. The second-order valence-corrected chi connectivity index (χ2v) is 7.36. The third kappa shape index (κ3) is 2.86. The summed E-state index contributed by atoms with van der Waals surface area (Å²) in [6, 6.07) is 3.98. The Bertz CT molecular complexity index is 739. The van der Waals surface area contributed by atoms with Gasteiger partial charge in [-0.05, 0) is 39.8 Å². The van der Waals surface area contributed by atoms with Crippen LogP contribution < -0.4 is 0 Å². The minimum Gasteiger partial charge on any atom is -0.377 e. The number of morpholine rings is 1. The molecule has 1 atom stereocenters. The molecule has 1 aliphatic heterocycles. The first-order valence-electron chi connectivity index (χ1n) is 8.35. The van der Waals surface area contributed by atoms with E-state index in [0.29, 0.717) is 25.3 Å². The number of hydrogen-bond acceptors (Lipinski definition) is 3. The van der Waals surface area contributed by atoms with Crippen LogP contribution >= 0.6 is 0 Å². The van der Waals surface area contributed by atoms with Gasteiger partial charge in [0, 0.05) is 31.2 Å². The number of carbonyl (C=O) groups is 1. The molecule has 0 saturated carbocycles.